The Hall–Kier alpha value is -3.39. The van der Waals surface area contributed by atoms with E-state index in [9.17, 15) is 9.59 Å². The lowest BCUT2D eigenvalue weighted by Crippen LogP contribution is -2.38. The zero-order valence-corrected chi connectivity index (χ0v) is 19.3. The molecule has 0 fully saturated rings. The van der Waals surface area contributed by atoms with Crippen molar-refractivity contribution in [3.05, 3.63) is 70.2 Å². The number of carbonyl (C=O) groups excluding carboxylic acids is 2. The Morgan fingerprint density at radius 1 is 1.16 bits per heavy atom. The van der Waals surface area contributed by atoms with E-state index in [2.05, 4.69) is 10.3 Å². The zero-order chi connectivity index (χ0) is 22.9. The fraction of sp³-hybridized carbons (Fsp3) is 0.292. The number of ether oxygens (including phenoxy) is 2. The zero-order valence-electron chi connectivity index (χ0n) is 18.5. The average molecular weight is 454 g/mol. The largest absolute Gasteiger partial charge is 0.493 e. The number of carbonyl (C=O) groups is 2. The molecule has 32 heavy (non-hydrogen) atoms. The highest BCUT2D eigenvalue weighted by molar-refractivity contribution is 7.07. The van der Waals surface area contributed by atoms with Crippen LogP contribution in [0.25, 0.3) is 0 Å². The normalized spacial score (nSPS) is 10.5. The molecule has 0 saturated carbocycles. The van der Waals surface area contributed by atoms with Gasteiger partial charge in [0.1, 0.15) is 13.2 Å². The Kier molecular flexibility index (Phi) is 8.21. The maximum atomic E-state index is 13.2. The summed E-state index contributed by atoms with van der Waals surface area (Å²) in [4.78, 5) is 31.5. The number of hydrogen-bond acceptors (Lipinski definition) is 6. The minimum Gasteiger partial charge on any atom is -0.493 e. The molecular weight excluding hydrogens is 426 g/mol. The molecule has 3 aromatic rings. The van der Waals surface area contributed by atoms with Crippen LogP contribution in [0.3, 0.4) is 0 Å². The maximum Gasteiger partial charge on any atom is 0.254 e. The van der Waals surface area contributed by atoms with Gasteiger partial charge in [-0.25, -0.2) is 4.98 Å². The predicted octanol–water partition coefficient (Wildman–Crippen LogP) is 4.53. The van der Waals surface area contributed by atoms with Gasteiger partial charge in [0.05, 0.1) is 18.3 Å². The summed E-state index contributed by atoms with van der Waals surface area (Å²) in [6, 6.07) is 12.6. The van der Waals surface area contributed by atoms with E-state index < -0.39 is 0 Å². The van der Waals surface area contributed by atoms with E-state index >= 15 is 0 Å². The molecule has 0 atom stereocenters. The Labute approximate surface area is 192 Å². The topological polar surface area (TPSA) is 80.8 Å². The quantitative estimate of drug-likeness (QED) is 0.488. The number of benzene rings is 2. The number of aromatic nitrogens is 1. The smallest absolute Gasteiger partial charge is 0.254 e. The highest BCUT2D eigenvalue weighted by Gasteiger charge is 2.20. The molecule has 0 radical (unpaired) electrons. The second-order valence-corrected chi connectivity index (χ2v) is 7.94. The summed E-state index contributed by atoms with van der Waals surface area (Å²) in [5.74, 6) is 0.496. The van der Waals surface area contributed by atoms with Gasteiger partial charge < -0.3 is 19.7 Å². The Morgan fingerprint density at radius 2 is 1.97 bits per heavy atom. The van der Waals surface area contributed by atoms with Gasteiger partial charge in [-0.3, -0.25) is 9.59 Å². The molecule has 2 amide bonds. The van der Waals surface area contributed by atoms with Crippen molar-refractivity contribution < 1.29 is 19.1 Å². The summed E-state index contributed by atoms with van der Waals surface area (Å²) < 4.78 is 11.2. The number of hydrogen-bond donors (Lipinski definition) is 1. The van der Waals surface area contributed by atoms with Crippen LogP contribution >= 0.6 is 11.3 Å². The van der Waals surface area contributed by atoms with Gasteiger partial charge in [-0.15, -0.1) is 11.3 Å². The third-order valence-electron chi connectivity index (χ3n) is 4.80. The van der Waals surface area contributed by atoms with Gasteiger partial charge in [-0.05, 0) is 43.2 Å². The molecule has 0 bridgehead atoms. The number of aryl methyl sites for hydroxylation is 1. The predicted molar refractivity (Wildman–Crippen MR) is 125 cm³/mol. The Bertz CT molecular complexity index is 1050. The monoisotopic (exact) mass is 453 g/mol. The number of methoxy groups -OCH3 is 1. The van der Waals surface area contributed by atoms with Crippen LogP contribution in [-0.2, 0) is 11.4 Å². The third-order valence-corrected chi connectivity index (χ3v) is 5.44. The lowest BCUT2D eigenvalue weighted by molar-refractivity contribution is -0.116. The molecule has 0 unspecified atom stereocenters. The average Bonchev–Trinajstić information content (AvgIpc) is 3.32. The Morgan fingerprint density at radius 3 is 2.66 bits per heavy atom. The van der Waals surface area contributed by atoms with Gasteiger partial charge in [0, 0.05) is 23.2 Å². The first-order chi connectivity index (χ1) is 15.5. The molecule has 0 saturated heterocycles. The van der Waals surface area contributed by atoms with E-state index in [1.54, 1.807) is 23.7 Å². The van der Waals surface area contributed by atoms with Crippen molar-refractivity contribution in [3.8, 4) is 11.5 Å². The van der Waals surface area contributed by atoms with E-state index in [4.69, 9.17) is 9.47 Å². The van der Waals surface area contributed by atoms with Gasteiger partial charge in [0.25, 0.3) is 5.91 Å². The number of anilines is 1. The van der Waals surface area contributed by atoms with Crippen LogP contribution in [0.2, 0.25) is 0 Å². The van der Waals surface area contributed by atoms with Crippen LogP contribution in [0.1, 0.15) is 35.0 Å². The molecule has 8 heteroatoms. The molecule has 0 spiro atoms. The molecule has 1 heterocycles. The molecule has 7 nitrogen and oxygen atoms in total. The van der Waals surface area contributed by atoms with E-state index in [-0.39, 0.29) is 18.4 Å². The molecule has 2 aromatic carbocycles. The molecule has 0 aliphatic heterocycles. The molecule has 3 rings (SSSR count). The van der Waals surface area contributed by atoms with Crippen molar-refractivity contribution in [3.63, 3.8) is 0 Å². The van der Waals surface area contributed by atoms with Crippen molar-refractivity contribution in [2.75, 3.05) is 25.5 Å². The fourth-order valence-corrected chi connectivity index (χ4v) is 3.70. The first kappa shape index (κ1) is 23.3. The van der Waals surface area contributed by atoms with Gasteiger partial charge in [0.15, 0.2) is 11.5 Å². The standard InChI is InChI=1S/C24H27N3O4S/c1-4-11-27(13-23(28)26-20-8-6-5-7-17(20)2)24(29)18-9-10-21(22(12-18)30-3)31-14-19-15-32-16-25-19/h5-10,12,15-16H,4,11,13-14H2,1-3H3,(H,26,28). The number of amides is 2. The van der Waals surface area contributed by atoms with Crippen LogP contribution in [0.15, 0.2) is 53.4 Å². The lowest BCUT2D eigenvalue weighted by Gasteiger charge is -2.22. The minimum atomic E-state index is -0.240. The third kappa shape index (κ3) is 6.07. The van der Waals surface area contributed by atoms with Crippen LogP contribution in [0.5, 0.6) is 11.5 Å². The summed E-state index contributed by atoms with van der Waals surface area (Å²) in [5, 5.41) is 4.80. The van der Waals surface area contributed by atoms with E-state index in [1.807, 2.05) is 43.5 Å². The van der Waals surface area contributed by atoms with Crippen LogP contribution < -0.4 is 14.8 Å². The molecular formula is C24H27N3O4S. The fourth-order valence-electron chi connectivity index (χ4n) is 3.16. The highest BCUT2D eigenvalue weighted by atomic mass is 32.1. The van der Waals surface area contributed by atoms with Crippen molar-refractivity contribution >= 4 is 28.8 Å². The van der Waals surface area contributed by atoms with Gasteiger partial charge in [-0.2, -0.15) is 0 Å². The van der Waals surface area contributed by atoms with Crippen LogP contribution in [-0.4, -0.2) is 41.9 Å². The van der Waals surface area contributed by atoms with E-state index in [0.29, 0.717) is 30.2 Å². The van der Waals surface area contributed by atoms with Crippen molar-refractivity contribution in [1.82, 2.24) is 9.88 Å². The summed E-state index contributed by atoms with van der Waals surface area (Å²) in [6.07, 6.45) is 0.732. The second-order valence-electron chi connectivity index (χ2n) is 7.22. The van der Waals surface area contributed by atoms with E-state index in [0.717, 1.165) is 23.4 Å². The van der Waals surface area contributed by atoms with Gasteiger partial charge >= 0.3 is 0 Å². The molecule has 168 valence electrons. The van der Waals surface area contributed by atoms with E-state index in [1.165, 1.54) is 23.3 Å². The maximum absolute atomic E-state index is 13.2. The summed E-state index contributed by atoms with van der Waals surface area (Å²) in [6.45, 7) is 4.63. The first-order valence-electron chi connectivity index (χ1n) is 10.3. The molecule has 0 aliphatic carbocycles. The summed E-state index contributed by atoms with van der Waals surface area (Å²) in [7, 11) is 1.53. The van der Waals surface area contributed by atoms with Gasteiger partial charge in [-0.1, -0.05) is 25.1 Å². The van der Waals surface area contributed by atoms with Crippen LogP contribution in [0, 0.1) is 6.92 Å². The second kappa shape index (κ2) is 11.3. The molecule has 0 aliphatic rings. The number of para-hydroxylation sites is 1. The number of nitrogens with one attached hydrogen (secondary N) is 1. The highest BCUT2D eigenvalue weighted by Crippen LogP contribution is 2.29. The number of thiazole rings is 1. The summed E-state index contributed by atoms with van der Waals surface area (Å²) in [5.41, 5.74) is 4.71. The number of nitrogens with zero attached hydrogens (tertiary/aromatic N) is 2. The Balaban J connectivity index is 1.70. The van der Waals surface area contributed by atoms with Crippen LogP contribution in [0.4, 0.5) is 5.69 Å². The molecule has 1 aromatic heterocycles. The number of rotatable bonds is 10. The lowest BCUT2D eigenvalue weighted by atomic mass is 10.1. The first-order valence-corrected chi connectivity index (χ1v) is 11.3. The van der Waals surface area contributed by atoms with Gasteiger partial charge in [0.2, 0.25) is 5.91 Å². The SMILES string of the molecule is CCCN(CC(=O)Nc1ccccc1C)C(=O)c1ccc(OCc2cscn2)c(OC)c1. The van der Waals surface area contributed by atoms with Crippen molar-refractivity contribution in [2.24, 2.45) is 0 Å². The minimum absolute atomic E-state index is 0.0363. The molecule has 1 N–H and O–H groups in total. The summed E-state index contributed by atoms with van der Waals surface area (Å²) >= 11 is 1.50. The van der Waals surface area contributed by atoms with Crippen molar-refractivity contribution in [1.29, 1.82) is 0 Å². The van der Waals surface area contributed by atoms with Crippen molar-refractivity contribution in [2.45, 2.75) is 26.9 Å².